The highest BCUT2D eigenvalue weighted by Gasteiger charge is 2.03. The van der Waals surface area contributed by atoms with Crippen molar-refractivity contribution in [1.29, 1.82) is 0 Å². The Balaban J connectivity index is 3.27. The van der Waals surface area contributed by atoms with Gasteiger partial charge in [0.25, 0.3) is 0 Å². The summed E-state index contributed by atoms with van der Waals surface area (Å²) >= 11 is 1.81. The maximum absolute atomic E-state index is 11.3. The molecule has 0 saturated carbocycles. The highest BCUT2D eigenvalue weighted by Crippen LogP contribution is 1.90. The largest absolute Gasteiger partial charge is 0.354 e. The second-order valence-corrected chi connectivity index (χ2v) is 4.36. The van der Waals surface area contributed by atoms with Crippen LogP contribution in [-0.2, 0) is 4.79 Å². The van der Waals surface area contributed by atoms with Crippen LogP contribution < -0.4 is 10.6 Å². The number of hydrogen-bond donors (Lipinski definition) is 2. The summed E-state index contributed by atoms with van der Waals surface area (Å²) in [5, 5.41) is 6.16. The van der Waals surface area contributed by atoms with Crippen molar-refractivity contribution in [2.24, 2.45) is 0 Å². The molecule has 1 unspecified atom stereocenters. The van der Waals surface area contributed by atoms with Crippen LogP contribution in [0.5, 0.6) is 0 Å². The SMILES string of the molecule is CCC(C)NC(=O)CCNCCSC. The van der Waals surface area contributed by atoms with Gasteiger partial charge in [-0.2, -0.15) is 11.8 Å². The third-order valence-electron chi connectivity index (χ3n) is 2.03. The number of nitrogens with one attached hydrogen (secondary N) is 2. The Morgan fingerprint density at radius 1 is 1.43 bits per heavy atom. The number of carbonyl (C=O) groups excluding carboxylic acids is 1. The minimum Gasteiger partial charge on any atom is -0.354 e. The Kier molecular flexibility index (Phi) is 9.19. The minimum absolute atomic E-state index is 0.149. The second-order valence-electron chi connectivity index (χ2n) is 3.37. The van der Waals surface area contributed by atoms with Crippen molar-refractivity contribution < 1.29 is 4.79 Å². The summed E-state index contributed by atoms with van der Waals surface area (Å²) < 4.78 is 0. The van der Waals surface area contributed by atoms with Gasteiger partial charge in [-0.25, -0.2) is 0 Å². The Bertz CT molecular complexity index is 153. The summed E-state index contributed by atoms with van der Waals surface area (Å²) in [6.07, 6.45) is 3.65. The minimum atomic E-state index is 0.149. The van der Waals surface area contributed by atoms with E-state index in [4.69, 9.17) is 0 Å². The molecule has 1 amide bonds. The third kappa shape index (κ3) is 8.38. The fourth-order valence-electron chi connectivity index (χ4n) is 0.950. The average molecular weight is 218 g/mol. The van der Waals surface area contributed by atoms with Crippen LogP contribution >= 0.6 is 11.8 Å². The van der Waals surface area contributed by atoms with Crippen molar-refractivity contribution >= 4 is 17.7 Å². The smallest absolute Gasteiger partial charge is 0.221 e. The lowest BCUT2D eigenvalue weighted by molar-refractivity contribution is -0.121. The van der Waals surface area contributed by atoms with E-state index >= 15 is 0 Å². The summed E-state index contributed by atoms with van der Waals surface area (Å²) in [5.41, 5.74) is 0. The van der Waals surface area contributed by atoms with Crippen molar-refractivity contribution in [1.82, 2.24) is 10.6 Å². The number of thioether (sulfide) groups is 1. The lowest BCUT2D eigenvalue weighted by Crippen LogP contribution is -2.34. The van der Waals surface area contributed by atoms with Crippen LogP contribution in [0.1, 0.15) is 26.7 Å². The summed E-state index contributed by atoms with van der Waals surface area (Å²) in [5.74, 6) is 1.25. The molecule has 1 atom stereocenters. The van der Waals surface area contributed by atoms with E-state index in [0.717, 1.165) is 25.3 Å². The molecule has 0 rings (SSSR count). The van der Waals surface area contributed by atoms with Gasteiger partial charge in [-0.05, 0) is 19.6 Å². The highest BCUT2D eigenvalue weighted by molar-refractivity contribution is 7.98. The van der Waals surface area contributed by atoms with Crippen molar-refractivity contribution in [3.05, 3.63) is 0 Å². The van der Waals surface area contributed by atoms with E-state index in [1.807, 2.05) is 18.7 Å². The van der Waals surface area contributed by atoms with Gasteiger partial charge in [0.05, 0.1) is 0 Å². The molecule has 0 saturated heterocycles. The first-order chi connectivity index (χ1) is 6.70. The van der Waals surface area contributed by atoms with E-state index in [1.54, 1.807) is 0 Å². The van der Waals surface area contributed by atoms with Crippen molar-refractivity contribution in [3.8, 4) is 0 Å². The third-order valence-corrected chi connectivity index (χ3v) is 2.64. The molecule has 0 spiro atoms. The molecular weight excluding hydrogens is 196 g/mol. The predicted octanol–water partition coefficient (Wildman–Crippen LogP) is 1.24. The molecule has 0 aliphatic carbocycles. The lowest BCUT2D eigenvalue weighted by Gasteiger charge is -2.11. The van der Waals surface area contributed by atoms with E-state index in [2.05, 4.69) is 23.8 Å². The van der Waals surface area contributed by atoms with E-state index < -0.39 is 0 Å². The fraction of sp³-hybridized carbons (Fsp3) is 0.900. The van der Waals surface area contributed by atoms with E-state index in [9.17, 15) is 4.79 Å². The normalized spacial score (nSPS) is 12.5. The Morgan fingerprint density at radius 2 is 2.14 bits per heavy atom. The quantitative estimate of drug-likeness (QED) is 0.602. The van der Waals surface area contributed by atoms with Crippen LogP contribution in [0.2, 0.25) is 0 Å². The second kappa shape index (κ2) is 9.34. The molecule has 3 nitrogen and oxygen atoms in total. The van der Waals surface area contributed by atoms with Gasteiger partial charge in [0.15, 0.2) is 0 Å². The Morgan fingerprint density at radius 3 is 2.71 bits per heavy atom. The topological polar surface area (TPSA) is 41.1 Å². The molecule has 0 aromatic carbocycles. The van der Waals surface area contributed by atoms with E-state index in [-0.39, 0.29) is 5.91 Å². The zero-order valence-electron chi connectivity index (χ0n) is 9.43. The van der Waals surface area contributed by atoms with Crippen LogP contribution in [0, 0.1) is 0 Å². The molecule has 0 fully saturated rings. The summed E-state index contributed by atoms with van der Waals surface area (Å²) in [4.78, 5) is 11.3. The molecule has 84 valence electrons. The molecule has 0 aromatic heterocycles. The zero-order valence-corrected chi connectivity index (χ0v) is 10.2. The average Bonchev–Trinajstić information content (AvgIpc) is 2.17. The fourth-order valence-corrected chi connectivity index (χ4v) is 1.30. The summed E-state index contributed by atoms with van der Waals surface area (Å²) in [7, 11) is 0. The number of rotatable bonds is 8. The van der Waals surface area contributed by atoms with Crippen LogP contribution in [0.15, 0.2) is 0 Å². The van der Waals surface area contributed by atoms with E-state index in [0.29, 0.717) is 12.5 Å². The maximum atomic E-state index is 11.3. The van der Waals surface area contributed by atoms with Crippen LogP contribution in [0.25, 0.3) is 0 Å². The monoisotopic (exact) mass is 218 g/mol. The molecule has 0 aromatic rings. The summed E-state index contributed by atoms with van der Waals surface area (Å²) in [6.45, 7) is 5.86. The Labute approximate surface area is 91.4 Å². The lowest BCUT2D eigenvalue weighted by atomic mass is 10.2. The van der Waals surface area contributed by atoms with Crippen molar-refractivity contribution in [3.63, 3.8) is 0 Å². The molecule has 0 aliphatic rings. The molecule has 0 radical (unpaired) electrons. The van der Waals surface area contributed by atoms with Gasteiger partial charge in [-0.15, -0.1) is 0 Å². The maximum Gasteiger partial charge on any atom is 0.221 e. The van der Waals surface area contributed by atoms with Gasteiger partial charge in [-0.1, -0.05) is 6.92 Å². The first-order valence-electron chi connectivity index (χ1n) is 5.19. The first-order valence-corrected chi connectivity index (χ1v) is 6.59. The molecule has 0 heterocycles. The number of carbonyl (C=O) groups is 1. The van der Waals surface area contributed by atoms with E-state index in [1.165, 1.54) is 0 Å². The molecule has 14 heavy (non-hydrogen) atoms. The van der Waals surface area contributed by atoms with Crippen LogP contribution in [0.3, 0.4) is 0 Å². The van der Waals surface area contributed by atoms with Gasteiger partial charge in [0.1, 0.15) is 0 Å². The summed E-state index contributed by atoms with van der Waals surface area (Å²) in [6, 6.07) is 0.300. The standard InChI is InChI=1S/C10H22N2OS/c1-4-9(2)12-10(13)5-6-11-7-8-14-3/h9,11H,4-8H2,1-3H3,(H,12,13). The molecule has 2 N–H and O–H groups in total. The molecule has 0 bridgehead atoms. The van der Waals surface area contributed by atoms with Gasteiger partial charge >= 0.3 is 0 Å². The van der Waals surface area contributed by atoms with Crippen LogP contribution in [-0.4, -0.2) is 37.0 Å². The van der Waals surface area contributed by atoms with Crippen molar-refractivity contribution in [2.45, 2.75) is 32.7 Å². The highest BCUT2D eigenvalue weighted by atomic mass is 32.2. The number of amides is 1. The van der Waals surface area contributed by atoms with Gasteiger partial charge in [0, 0.05) is 31.3 Å². The zero-order chi connectivity index (χ0) is 10.8. The Hall–Kier alpha value is -0.220. The van der Waals surface area contributed by atoms with Gasteiger partial charge in [0.2, 0.25) is 5.91 Å². The van der Waals surface area contributed by atoms with Crippen LogP contribution in [0.4, 0.5) is 0 Å². The molecule has 0 aliphatic heterocycles. The first kappa shape index (κ1) is 13.8. The molecule has 4 heteroatoms. The molecular formula is C10H22N2OS. The van der Waals surface area contributed by atoms with Gasteiger partial charge < -0.3 is 10.6 Å². The predicted molar refractivity (Wildman–Crippen MR) is 63.8 cm³/mol. The van der Waals surface area contributed by atoms with Gasteiger partial charge in [-0.3, -0.25) is 4.79 Å². The number of hydrogen-bond acceptors (Lipinski definition) is 3. The van der Waals surface area contributed by atoms with Crippen molar-refractivity contribution in [2.75, 3.05) is 25.1 Å².